The summed E-state index contributed by atoms with van der Waals surface area (Å²) in [6.07, 6.45) is -0.293. The Labute approximate surface area is 229 Å². The van der Waals surface area contributed by atoms with Crippen molar-refractivity contribution in [2.45, 2.75) is 36.5 Å². The van der Waals surface area contributed by atoms with Crippen molar-refractivity contribution in [3.05, 3.63) is 72.2 Å². The molecule has 0 aliphatic rings. The van der Waals surface area contributed by atoms with E-state index in [0.717, 1.165) is 0 Å². The van der Waals surface area contributed by atoms with Gasteiger partial charge in [-0.25, -0.2) is 16.8 Å². The van der Waals surface area contributed by atoms with E-state index in [1.165, 1.54) is 60.7 Å². The number of aryl methyl sites for hydroxylation is 2. The number of benzene rings is 2. The highest BCUT2D eigenvalue weighted by atomic mass is 32.2. The third-order valence-corrected chi connectivity index (χ3v) is 7.95. The normalized spacial score (nSPS) is 11.6. The average molecular weight is 589 g/mol. The van der Waals surface area contributed by atoms with E-state index >= 15 is 0 Å². The number of anilines is 4. The molecule has 2 aromatic heterocycles. The zero-order valence-electron chi connectivity index (χ0n) is 21.2. The zero-order valence-corrected chi connectivity index (χ0v) is 22.8. The van der Waals surface area contributed by atoms with Gasteiger partial charge in [-0.2, -0.15) is 0 Å². The first-order chi connectivity index (χ1) is 18.9. The average Bonchev–Trinajstić information content (AvgIpc) is 3.49. The highest BCUT2D eigenvalue weighted by Gasteiger charge is 2.18. The van der Waals surface area contributed by atoms with Crippen LogP contribution in [-0.4, -0.2) is 39.0 Å². The van der Waals surface area contributed by atoms with Gasteiger partial charge in [-0.3, -0.25) is 19.0 Å². The molecule has 2 amide bonds. The summed E-state index contributed by atoms with van der Waals surface area (Å²) < 4.78 is 64.0. The molecule has 0 bridgehead atoms. The van der Waals surface area contributed by atoms with E-state index < -0.39 is 31.9 Å². The third kappa shape index (κ3) is 7.45. The lowest BCUT2D eigenvalue weighted by Crippen LogP contribution is -2.18. The first-order valence-corrected chi connectivity index (χ1v) is 14.6. The molecular formula is C24H24N6O8S2. The van der Waals surface area contributed by atoms with Crippen molar-refractivity contribution in [3.63, 3.8) is 0 Å². The number of amides is 2. The highest BCUT2D eigenvalue weighted by molar-refractivity contribution is 7.93. The molecule has 4 N–H and O–H groups in total. The number of carbonyl (C=O) groups excluding carboxylic acids is 2. The fourth-order valence-electron chi connectivity index (χ4n) is 3.33. The lowest BCUT2D eigenvalue weighted by Gasteiger charge is -2.09. The zero-order chi connectivity index (χ0) is 28.9. The minimum atomic E-state index is -3.90. The van der Waals surface area contributed by atoms with Crippen molar-refractivity contribution < 1.29 is 35.5 Å². The van der Waals surface area contributed by atoms with Crippen LogP contribution in [0.15, 0.2) is 79.5 Å². The Bertz CT molecular complexity index is 1600. The van der Waals surface area contributed by atoms with Crippen molar-refractivity contribution in [2.24, 2.45) is 0 Å². The summed E-state index contributed by atoms with van der Waals surface area (Å²) in [6.45, 7) is 3.25. The predicted octanol–water partition coefficient (Wildman–Crippen LogP) is 3.24. The highest BCUT2D eigenvalue weighted by Crippen LogP contribution is 2.20. The molecule has 40 heavy (non-hydrogen) atoms. The minimum absolute atomic E-state index is 0.0455. The smallest absolute Gasteiger partial charge is 0.263 e. The van der Waals surface area contributed by atoms with Crippen LogP contribution in [0.3, 0.4) is 0 Å². The molecule has 0 aliphatic heterocycles. The van der Waals surface area contributed by atoms with Gasteiger partial charge in [0.1, 0.15) is 11.5 Å². The Kier molecular flexibility index (Phi) is 8.20. The number of nitrogens with zero attached hydrogens (tertiary/aromatic N) is 2. The SMILES string of the molecule is Cc1cc(NS(=O)(=O)c2ccc(NC(=O)CCC(=O)Nc3ccc(S(=O)(=O)Nc4cc(C)on4)cc3)cc2)no1. The molecule has 4 aromatic rings. The van der Waals surface area contributed by atoms with Gasteiger partial charge in [0.15, 0.2) is 11.6 Å². The first-order valence-electron chi connectivity index (χ1n) is 11.6. The lowest BCUT2D eigenvalue weighted by atomic mass is 10.2. The molecule has 0 spiro atoms. The molecule has 0 radical (unpaired) electrons. The number of carbonyl (C=O) groups is 2. The second kappa shape index (κ2) is 11.6. The van der Waals surface area contributed by atoms with Crippen LogP contribution in [0.5, 0.6) is 0 Å². The quantitative estimate of drug-likeness (QED) is 0.201. The Balaban J connectivity index is 1.24. The van der Waals surface area contributed by atoms with Crippen LogP contribution >= 0.6 is 0 Å². The Morgan fingerprint density at radius 1 is 0.650 bits per heavy atom. The number of hydrogen-bond acceptors (Lipinski definition) is 10. The van der Waals surface area contributed by atoms with Gasteiger partial charge >= 0.3 is 0 Å². The number of aromatic nitrogens is 2. The van der Waals surface area contributed by atoms with Gasteiger partial charge in [-0.1, -0.05) is 10.3 Å². The van der Waals surface area contributed by atoms with Crippen LogP contribution in [0.2, 0.25) is 0 Å². The van der Waals surface area contributed by atoms with Crippen LogP contribution in [0.4, 0.5) is 23.0 Å². The minimum Gasteiger partial charge on any atom is -0.360 e. The van der Waals surface area contributed by atoms with E-state index in [-0.39, 0.29) is 34.3 Å². The van der Waals surface area contributed by atoms with Gasteiger partial charge in [-0.15, -0.1) is 0 Å². The summed E-state index contributed by atoms with van der Waals surface area (Å²) in [6, 6.07) is 13.7. The first kappa shape index (κ1) is 28.3. The largest absolute Gasteiger partial charge is 0.360 e. The van der Waals surface area contributed by atoms with Crippen LogP contribution in [0, 0.1) is 13.8 Å². The maximum Gasteiger partial charge on any atom is 0.263 e. The van der Waals surface area contributed by atoms with E-state index in [2.05, 4.69) is 30.4 Å². The molecule has 0 unspecified atom stereocenters. The molecular weight excluding hydrogens is 564 g/mol. The third-order valence-electron chi connectivity index (χ3n) is 5.21. The van der Waals surface area contributed by atoms with E-state index in [9.17, 15) is 26.4 Å². The van der Waals surface area contributed by atoms with Crippen LogP contribution in [0.25, 0.3) is 0 Å². The molecule has 0 atom stereocenters. The van der Waals surface area contributed by atoms with E-state index in [0.29, 0.717) is 22.9 Å². The van der Waals surface area contributed by atoms with Gasteiger partial charge in [0.2, 0.25) is 11.8 Å². The molecule has 4 rings (SSSR count). The van der Waals surface area contributed by atoms with Crippen molar-refractivity contribution >= 4 is 54.9 Å². The number of sulfonamides is 2. The topological polar surface area (TPSA) is 203 Å². The monoisotopic (exact) mass is 588 g/mol. The summed E-state index contributed by atoms with van der Waals surface area (Å²) in [5, 5.41) is 12.4. The van der Waals surface area contributed by atoms with Crippen molar-refractivity contribution in [1.82, 2.24) is 10.3 Å². The maximum absolute atomic E-state index is 12.5. The van der Waals surface area contributed by atoms with Crippen LogP contribution < -0.4 is 20.1 Å². The predicted molar refractivity (Wildman–Crippen MR) is 143 cm³/mol. The van der Waals surface area contributed by atoms with Gasteiger partial charge in [0, 0.05) is 36.3 Å². The summed E-state index contributed by atoms with van der Waals surface area (Å²) in [5.74, 6) is 0.0599. The van der Waals surface area contributed by atoms with Gasteiger partial charge in [0.05, 0.1) is 9.79 Å². The summed E-state index contributed by atoms with van der Waals surface area (Å²) in [7, 11) is -7.81. The van der Waals surface area contributed by atoms with Crippen molar-refractivity contribution in [1.29, 1.82) is 0 Å². The van der Waals surface area contributed by atoms with Crippen molar-refractivity contribution in [3.8, 4) is 0 Å². The van der Waals surface area contributed by atoms with Crippen LogP contribution in [-0.2, 0) is 29.6 Å². The van der Waals surface area contributed by atoms with Crippen molar-refractivity contribution in [2.75, 3.05) is 20.1 Å². The number of nitrogens with one attached hydrogen (secondary N) is 4. The lowest BCUT2D eigenvalue weighted by molar-refractivity contribution is -0.121. The Morgan fingerprint density at radius 3 is 1.30 bits per heavy atom. The molecule has 0 fully saturated rings. The summed E-state index contributed by atoms with van der Waals surface area (Å²) >= 11 is 0. The molecule has 2 aromatic carbocycles. The van der Waals surface area contributed by atoms with E-state index in [4.69, 9.17) is 9.05 Å². The number of hydrogen-bond donors (Lipinski definition) is 4. The van der Waals surface area contributed by atoms with Gasteiger partial charge in [-0.05, 0) is 62.4 Å². The van der Waals surface area contributed by atoms with E-state index in [1.807, 2.05) is 0 Å². The van der Waals surface area contributed by atoms with Gasteiger partial charge in [0.25, 0.3) is 20.0 Å². The molecule has 210 valence electrons. The Morgan fingerprint density at radius 2 is 1.00 bits per heavy atom. The summed E-state index contributed by atoms with van der Waals surface area (Å²) in [5.41, 5.74) is 0.681. The molecule has 14 nitrogen and oxygen atoms in total. The van der Waals surface area contributed by atoms with Crippen LogP contribution in [0.1, 0.15) is 24.4 Å². The fraction of sp³-hybridized carbons (Fsp3) is 0.167. The number of rotatable bonds is 11. The molecule has 16 heteroatoms. The standard InChI is InChI=1S/C24H24N6O8S2/c1-15-13-21(27-37-15)29-39(33,34)19-7-3-17(4-8-19)25-23(31)11-12-24(32)26-18-5-9-20(10-6-18)40(35,36)30-22-14-16(2)38-28-22/h3-10,13-14H,11-12H2,1-2H3,(H,25,31)(H,26,32)(H,27,29)(H,28,30). The van der Waals surface area contributed by atoms with E-state index in [1.54, 1.807) is 13.8 Å². The second-order valence-electron chi connectivity index (χ2n) is 8.50. The maximum atomic E-state index is 12.5. The Hall–Kier alpha value is -4.70. The molecule has 0 saturated carbocycles. The fourth-order valence-corrected chi connectivity index (χ4v) is 5.30. The molecule has 2 heterocycles. The van der Waals surface area contributed by atoms with Gasteiger partial charge < -0.3 is 19.7 Å². The summed E-state index contributed by atoms with van der Waals surface area (Å²) in [4.78, 5) is 24.5. The molecule has 0 aliphatic carbocycles. The second-order valence-corrected chi connectivity index (χ2v) is 11.9. The molecule has 0 saturated heterocycles.